The van der Waals surface area contributed by atoms with E-state index >= 15 is 0 Å². The molecule has 0 fully saturated rings. The quantitative estimate of drug-likeness (QED) is 0.701. The van der Waals surface area contributed by atoms with Crippen LogP contribution in [0.3, 0.4) is 0 Å². The minimum absolute atomic E-state index is 0.0112. The van der Waals surface area contributed by atoms with Crippen molar-refractivity contribution >= 4 is 34.2 Å². The molecule has 6 heteroatoms. The number of aromatic nitrogens is 1. The average molecular weight is 329 g/mol. The molecule has 23 heavy (non-hydrogen) atoms. The first-order valence-electron chi connectivity index (χ1n) is 6.81. The number of nitrogens with zero attached hydrogens (tertiary/aromatic N) is 1. The van der Waals surface area contributed by atoms with Gasteiger partial charge in [-0.2, -0.15) is 0 Å². The summed E-state index contributed by atoms with van der Waals surface area (Å²) >= 11 is 5.93. The lowest BCUT2D eigenvalue weighted by atomic mass is 10.1. The Bertz CT molecular complexity index is 925. The molecule has 0 unspecified atom stereocenters. The van der Waals surface area contributed by atoms with Crippen LogP contribution in [0.25, 0.3) is 10.9 Å². The summed E-state index contributed by atoms with van der Waals surface area (Å²) in [7, 11) is 0. The smallest absolute Gasteiger partial charge is 0.341 e. The zero-order valence-corrected chi connectivity index (χ0v) is 13.0. The second kappa shape index (κ2) is 5.78. The predicted molar refractivity (Wildman–Crippen MR) is 89.4 cm³/mol. The number of hydrogen-bond acceptors (Lipinski definition) is 4. The van der Waals surface area contributed by atoms with Gasteiger partial charge in [0.1, 0.15) is 5.56 Å². The number of aryl methyl sites for hydroxylation is 1. The SMILES string of the molecule is Cc1ccc(Oc2nc3ccc(Cl)cc3cc2C(=O)O)c(N)c1. The summed E-state index contributed by atoms with van der Waals surface area (Å²) in [5.41, 5.74) is 7.83. The summed E-state index contributed by atoms with van der Waals surface area (Å²) < 4.78 is 5.64. The van der Waals surface area contributed by atoms with Crippen molar-refractivity contribution in [2.75, 3.05) is 5.73 Å². The van der Waals surface area contributed by atoms with Crippen LogP contribution in [0.5, 0.6) is 11.6 Å². The summed E-state index contributed by atoms with van der Waals surface area (Å²) in [5, 5.41) is 10.5. The molecule has 5 nitrogen and oxygen atoms in total. The van der Waals surface area contributed by atoms with Crippen molar-refractivity contribution in [3.63, 3.8) is 0 Å². The molecule has 0 saturated heterocycles. The van der Waals surface area contributed by atoms with E-state index in [1.165, 1.54) is 6.07 Å². The van der Waals surface area contributed by atoms with Gasteiger partial charge in [-0.1, -0.05) is 17.7 Å². The molecule has 3 N–H and O–H groups in total. The second-order valence-electron chi connectivity index (χ2n) is 5.13. The number of carboxylic acids is 1. The number of fused-ring (bicyclic) bond motifs is 1. The molecule has 0 atom stereocenters. The highest BCUT2D eigenvalue weighted by atomic mass is 35.5. The van der Waals surface area contributed by atoms with E-state index in [2.05, 4.69) is 4.98 Å². The van der Waals surface area contributed by atoms with Crippen LogP contribution in [-0.4, -0.2) is 16.1 Å². The Kier molecular flexibility index (Phi) is 3.80. The molecule has 1 heterocycles. The molecule has 0 aliphatic carbocycles. The van der Waals surface area contributed by atoms with Crippen molar-refractivity contribution in [2.45, 2.75) is 6.92 Å². The first kappa shape index (κ1) is 15.1. The summed E-state index contributed by atoms with van der Waals surface area (Å²) in [4.78, 5) is 15.8. The van der Waals surface area contributed by atoms with Gasteiger partial charge in [0, 0.05) is 10.4 Å². The minimum atomic E-state index is -1.14. The van der Waals surface area contributed by atoms with Gasteiger partial charge in [-0.3, -0.25) is 0 Å². The highest BCUT2D eigenvalue weighted by Crippen LogP contribution is 2.31. The van der Waals surface area contributed by atoms with Crippen LogP contribution in [0.2, 0.25) is 5.02 Å². The Hall–Kier alpha value is -2.79. The molecular formula is C17H13ClN2O3. The molecule has 1 aromatic heterocycles. The van der Waals surface area contributed by atoms with E-state index in [0.717, 1.165) is 5.56 Å². The lowest BCUT2D eigenvalue weighted by Crippen LogP contribution is -2.03. The Balaban J connectivity index is 2.13. The number of carboxylic acid groups (broad SMARTS) is 1. The van der Waals surface area contributed by atoms with Crippen LogP contribution in [0, 0.1) is 6.92 Å². The normalized spacial score (nSPS) is 10.7. The first-order valence-corrected chi connectivity index (χ1v) is 7.19. The molecule has 3 rings (SSSR count). The van der Waals surface area contributed by atoms with Gasteiger partial charge in [-0.05, 0) is 48.9 Å². The summed E-state index contributed by atoms with van der Waals surface area (Å²) in [6, 6.07) is 11.8. The third-order valence-electron chi connectivity index (χ3n) is 3.34. The predicted octanol–water partition coefficient (Wildman–Crippen LogP) is 4.27. The number of benzene rings is 2. The van der Waals surface area contributed by atoms with Gasteiger partial charge in [0.05, 0.1) is 11.2 Å². The molecule has 0 amide bonds. The van der Waals surface area contributed by atoms with Gasteiger partial charge >= 0.3 is 5.97 Å². The van der Waals surface area contributed by atoms with Crippen LogP contribution in [0.4, 0.5) is 5.69 Å². The molecule has 0 aliphatic rings. The maximum absolute atomic E-state index is 11.5. The van der Waals surface area contributed by atoms with E-state index in [9.17, 15) is 9.90 Å². The highest BCUT2D eigenvalue weighted by molar-refractivity contribution is 6.31. The molecule has 3 aromatic rings. The fraction of sp³-hybridized carbons (Fsp3) is 0.0588. The van der Waals surface area contributed by atoms with Gasteiger partial charge in [-0.15, -0.1) is 0 Å². The number of ether oxygens (including phenoxy) is 1. The molecule has 2 aromatic carbocycles. The van der Waals surface area contributed by atoms with E-state index in [1.54, 1.807) is 30.3 Å². The van der Waals surface area contributed by atoms with Crippen LogP contribution < -0.4 is 10.5 Å². The van der Waals surface area contributed by atoms with E-state index < -0.39 is 5.97 Å². The first-order chi connectivity index (χ1) is 10.9. The number of rotatable bonds is 3. The third-order valence-corrected chi connectivity index (χ3v) is 3.58. The number of pyridine rings is 1. The zero-order valence-electron chi connectivity index (χ0n) is 12.2. The highest BCUT2D eigenvalue weighted by Gasteiger charge is 2.16. The van der Waals surface area contributed by atoms with E-state index in [0.29, 0.717) is 27.4 Å². The Morgan fingerprint density at radius 3 is 2.70 bits per heavy atom. The molecule has 116 valence electrons. The lowest BCUT2D eigenvalue weighted by molar-refractivity contribution is 0.0693. The molecular weight excluding hydrogens is 316 g/mol. The van der Waals surface area contributed by atoms with Crippen LogP contribution in [0.1, 0.15) is 15.9 Å². The molecule has 0 bridgehead atoms. The van der Waals surface area contributed by atoms with Gasteiger partial charge in [0.25, 0.3) is 0 Å². The van der Waals surface area contributed by atoms with Gasteiger partial charge in [0.15, 0.2) is 5.75 Å². The maximum Gasteiger partial charge on any atom is 0.341 e. The topological polar surface area (TPSA) is 85.4 Å². The summed E-state index contributed by atoms with van der Waals surface area (Å²) in [6.45, 7) is 1.90. The fourth-order valence-electron chi connectivity index (χ4n) is 2.23. The number of aromatic carboxylic acids is 1. The van der Waals surface area contributed by atoms with Crippen molar-refractivity contribution in [2.24, 2.45) is 0 Å². The monoisotopic (exact) mass is 328 g/mol. The maximum atomic E-state index is 11.5. The number of nitrogen functional groups attached to an aromatic ring is 1. The van der Waals surface area contributed by atoms with E-state index in [4.69, 9.17) is 22.1 Å². The second-order valence-corrected chi connectivity index (χ2v) is 5.56. The van der Waals surface area contributed by atoms with Crippen molar-refractivity contribution in [1.82, 2.24) is 4.98 Å². The van der Waals surface area contributed by atoms with Crippen LogP contribution in [-0.2, 0) is 0 Å². The number of nitrogens with two attached hydrogens (primary N) is 1. The molecule has 0 aliphatic heterocycles. The minimum Gasteiger partial charge on any atom is -0.477 e. The standard InChI is InChI=1S/C17H13ClN2O3/c1-9-2-5-15(13(19)6-9)23-16-12(17(21)22)8-10-7-11(18)3-4-14(10)20-16/h2-8H,19H2,1H3,(H,21,22). The number of anilines is 1. The Morgan fingerprint density at radius 2 is 2.00 bits per heavy atom. The fourth-order valence-corrected chi connectivity index (χ4v) is 2.41. The Labute approximate surface area is 137 Å². The molecule has 0 saturated carbocycles. The lowest BCUT2D eigenvalue weighted by Gasteiger charge is -2.11. The number of hydrogen-bond donors (Lipinski definition) is 2. The van der Waals surface area contributed by atoms with Crippen LogP contribution in [0.15, 0.2) is 42.5 Å². The molecule has 0 radical (unpaired) electrons. The van der Waals surface area contributed by atoms with Crippen LogP contribution >= 0.6 is 11.6 Å². The zero-order chi connectivity index (χ0) is 16.6. The van der Waals surface area contributed by atoms with Gasteiger partial charge in [-0.25, -0.2) is 9.78 Å². The molecule has 0 spiro atoms. The average Bonchev–Trinajstić information content (AvgIpc) is 2.49. The van der Waals surface area contributed by atoms with E-state index in [1.807, 2.05) is 13.0 Å². The Morgan fingerprint density at radius 1 is 1.22 bits per heavy atom. The van der Waals surface area contributed by atoms with Crippen molar-refractivity contribution in [3.8, 4) is 11.6 Å². The van der Waals surface area contributed by atoms with Crippen molar-refractivity contribution in [3.05, 3.63) is 58.6 Å². The van der Waals surface area contributed by atoms with Crippen molar-refractivity contribution < 1.29 is 14.6 Å². The number of carbonyl (C=O) groups is 1. The van der Waals surface area contributed by atoms with E-state index in [-0.39, 0.29) is 11.4 Å². The van der Waals surface area contributed by atoms with Gasteiger partial charge < -0.3 is 15.6 Å². The van der Waals surface area contributed by atoms with Gasteiger partial charge in [0.2, 0.25) is 5.88 Å². The summed E-state index contributed by atoms with van der Waals surface area (Å²) in [5.74, 6) is -0.790. The number of halogens is 1. The largest absolute Gasteiger partial charge is 0.477 e. The third kappa shape index (κ3) is 3.05. The summed E-state index contributed by atoms with van der Waals surface area (Å²) in [6.07, 6.45) is 0. The van der Waals surface area contributed by atoms with Crippen molar-refractivity contribution in [1.29, 1.82) is 0 Å².